The maximum Gasteiger partial charge on any atom is 0.277 e. The van der Waals surface area contributed by atoms with Gasteiger partial charge in [-0.15, -0.1) is 0 Å². The van der Waals surface area contributed by atoms with Crippen LogP contribution in [0.4, 0.5) is 5.69 Å². The second-order valence-electron chi connectivity index (χ2n) is 8.13. The number of carbonyl (C=O) groups is 1. The third-order valence-corrected chi connectivity index (χ3v) is 6.87. The van der Waals surface area contributed by atoms with Crippen molar-refractivity contribution in [3.05, 3.63) is 96.9 Å². The average molecular weight is 447 g/mol. The number of hydrogen-bond donors (Lipinski definition) is 2. The number of hydrogen-bond acceptors (Lipinski definition) is 4. The average Bonchev–Trinajstić information content (AvgIpc) is 3.27. The number of carbonyl (C=O) groups excluding carboxylic acids is 1. The molecule has 7 heteroatoms. The monoisotopic (exact) mass is 446 g/mol. The van der Waals surface area contributed by atoms with Crippen LogP contribution in [-0.4, -0.2) is 20.7 Å². The van der Waals surface area contributed by atoms with Crippen LogP contribution in [0.25, 0.3) is 5.13 Å². The quantitative estimate of drug-likeness (QED) is 0.452. The van der Waals surface area contributed by atoms with Gasteiger partial charge in [-0.3, -0.25) is 14.7 Å². The Morgan fingerprint density at radius 3 is 2.50 bits per heavy atom. The van der Waals surface area contributed by atoms with Crippen LogP contribution >= 0.6 is 11.3 Å². The van der Waals surface area contributed by atoms with Crippen molar-refractivity contribution in [2.75, 3.05) is 5.32 Å². The minimum absolute atomic E-state index is 0.140. The van der Waals surface area contributed by atoms with Gasteiger partial charge in [0.2, 0.25) is 5.13 Å². The Labute approximate surface area is 190 Å². The van der Waals surface area contributed by atoms with Crippen LogP contribution in [-0.2, 0) is 6.42 Å². The number of nitrogens with zero attached hydrogens (tertiary/aromatic N) is 2. The topological polar surface area (TPSA) is 79.8 Å². The summed E-state index contributed by atoms with van der Waals surface area (Å²) in [6.45, 7) is 9.70. The lowest BCUT2D eigenvalue weighted by Gasteiger charge is -2.09. The molecule has 1 amide bonds. The van der Waals surface area contributed by atoms with Crippen LogP contribution in [0.1, 0.15) is 48.9 Å². The zero-order valence-electron chi connectivity index (χ0n) is 18.9. The van der Waals surface area contributed by atoms with Gasteiger partial charge in [0.1, 0.15) is 4.88 Å². The normalized spacial score (nSPS) is 11.0. The summed E-state index contributed by atoms with van der Waals surface area (Å²) in [4.78, 5) is 31.0. The van der Waals surface area contributed by atoms with Crippen LogP contribution in [0.3, 0.4) is 0 Å². The second-order valence-corrected chi connectivity index (χ2v) is 9.11. The van der Waals surface area contributed by atoms with Gasteiger partial charge in [-0.25, -0.2) is 4.98 Å². The molecule has 2 aromatic carbocycles. The Bertz CT molecular complexity index is 1360. The molecule has 0 unspecified atom stereocenters. The molecule has 0 saturated heterocycles. The van der Waals surface area contributed by atoms with Crippen molar-refractivity contribution >= 4 is 22.9 Å². The summed E-state index contributed by atoms with van der Waals surface area (Å²) in [7, 11) is 0. The van der Waals surface area contributed by atoms with Crippen molar-refractivity contribution in [1.82, 2.24) is 14.8 Å². The van der Waals surface area contributed by atoms with Crippen molar-refractivity contribution in [2.24, 2.45) is 0 Å². The van der Waals surface area contributed by atoms with Crippen LogP contribution in [0.2, 0.25) is 0 Å². The number of benzene rings is 2. The minimum atomic E-state index is -0.226. The first-order valence-corrected chi connectivity index (χ1v) is 11.3. The third kappa shape index (κ3) is 4.16. The molecular weight excluding hydrogens is 420 g/mol. The molecule has 4 aromatic rings. The predicted octanol–water partition coefficient (Wildman–Crippen LogP) is 5.01. The molecule has 0 saturated carbocycles. The van der Waals surface area contributed by atoms with Gasteiger partial charge in [0, 0.05) is 23.4 Å². The fraction of sp³-hybridized carbons (Fsp3) is 0.240. The highest BCUT2D eigenvalue weighted by molar-refractivity contribution is 7.16. The molecule has 4 rings (SSSR count). The van der Waals surface area contributed by atoms with Crippen molar-refractivity contribution in [3.63, 3.8) is 0 Å². The number of anilines is 1. The number of H-pyrrole nitrogens is 1. The summed E-state index contributed by atoms with van der Waals surface area (Å²) >= 11 is 1.20. The number of nitrogens with one attached hydrogen (secondary N) is 2. The van der Waals surface area contributed by atoms with Crippen molar-refractivity contribution in [2.45, 2.75) is 41.0 Å². The lowest BCUT2D eigenvalue weighted by Crippen LogP contribution is -2.17. The number of aromatic amines is 1. The highest BCUT2D eigenvalue weighted by Crippen LogP contribution is 2.24. The summed E-state index contributed by atoms with van der Waals surface area (Å²) in [6.07, 6.45) is 0.540. The second kappa shape index (κ2) is 8.59. The zero-order valence-corrected chi connectivity index (χ0v) is 19.7. The molecule has 0 aliphatic rings. The molecule has 0 bridgehead atoms. The van der Waals surface area contributed by atoms with Gasteiger partial charge in [0.15, 0.2) is 0 Å². The SMILES string of the molecule is Cc1ccc(Cc2c(C)[nH]n(-c3nc(C)c(C(=O)Nc4cccc(C)c4C)s3)c2=O)cc1. The standard InChI is InChI=1S/C25H26N4O2S/c1-14-9-11-19(12-10-14)13-20-17(4)28-29(24(20)31)25-26-18(5)22(32-25)23(30)27-21-8-6-7-15(2)16(21)3/h6-12,28H,13H2,1-5H3,(H,27,30). The van der Waals surface area contributed by atoms with Gasteiger partial charge in [-0.05, 0) is 57.4 Å². The molecule has 2 N–H and O–H groups in total. The highest BCUT2D eigenvalue weighted by atomic mass is 32.1. The van der Waals surface area contributed by atoms with E-state index in [0.717, 1.165) is 28.1 Å². The predicted molar refractivity (Wildman–Crippen MR) is 129 cm³/mol. The van der Waals surface area contributed by atoms with E-state index in [1.807, 2.05) is 70.2 Å². The molecule has 2 heterocycles. The van der Waals surface area contributed by atoms with Crippen LogP contribution < -0.4 is 10.9 Å². The lowest BCUT2D eigenvalue weighted by molar-refractivity contribution is 0.102. The van der Waals surface area contributed by atoms with E-state index in [2.05, 4.69) is 15.4 Å². The van der Waals surface area contributed by atoms with E-state index in [-0.39, 0.29) is 11.5 Å². The van der Waals surface area contributed by atoms with E-state index in [9.17, 15) is 9.59 Å². The van der Waals surface area contributed by atoms with Crippen molar-refractivity contribution in [1.29, 1.82) is 0 Å². The van der Waals surface area contributed by atoms with Crippen molar-refractivity contribution in [3.8, 4) is 5.13 Å². The Kier molecular flexibility index (Phi) is 5.84. The number of aryl methyl sites for hydroxylation is 4. The van der Waals surface area contributed by atoms with Crippen LogP contribution in [0.15, 0.2) is 47.3 Å². The molecule has 164 valence electrons. The van der Waals surface area contributed by atoms with Gasteiger partial charge in [0.05, 0.1) is 5.69 Å². The lowest BCUT2D eigenvalue weighted by atomic mass is 10.0. The van der Waals surface area contributed by atoms with E-state index < -0.39 is 0 Å². The maximum atomic E-state index is 13.1. The Morgan fingerprint density at radius 2 is 1.78 bits per heavy atom. The summed E-state index contributed by atoms with van der Waals surface area (Å²) in [6, 6.07) is 14.0. The van der Waals surface area contributed by atoms with Gasteiger partial charge in [0.25, 0.3) is 11.5 Å². The van der Waals surface area contributed by atoms with E-state index in [1.165, 1.54) is 21.6 Å². The van der Waals surface area contributed by atoms with E-state index in [1.54, 1.807) is 6.92 Å². The molecule has 0 fully saturated rings. The van der Waals surface area contributed by atoms with Crippen LogP contribution in [0.5, 0.6) is 0 Å². The van der Waals surface area contributed by atoms with E-state index in [4.69, 9.17) is 0 Å². The highest BCUT2D eigenvalue weighted by Gasteiger charge is 2.20. The number of aromatic nitrogens is 3. The molecule has 0 atom stereocenters. The Hall–Kier alpha value is -3.45. The molecular formula is C25H26N4O2S. The summed E-state index contributed by atoms with van der Waals surface area (Å²) in [5, 5.41) is 6.56. The molecule has 0 aliphatic heterocycles. The first kappa shape index (κ1) is 21.8. The van der Waals surface area contributed by atoms with Gasteiger partial charge in [-0.2, -0.15) is 4.68 Å². The molecule has 0 aliphatic carbocycles. The fourth-order valence-corrected chi connectivity index (χ4v) is 4.51. The molecule has 0 spiro atoms. The van der Waals surface area contributed by atoms with Gasteiger partial charge >= 0.3 is 0 Å². The third-order valence-electron chi connectivity index (χ3n) is 5.73. The maximum absolute atomic E-state index is 13.1. The molecule has 32 heavy (non-hydrogen) atoms. The zero-order chi connectivity index (χ0) is 23.0. The largest absolute Gasteiger partial charge is 0.321 e. The Balaban J connectivity index is 1.62. The van der Waals surface area contributed by atoms with E-state index >= 15 is 0 Å². The van der Waals surface area contributed by atoms with E-state index in [0.29, 0.717) is 27.7 Å². The number of rotatable bonds is 5. The molecule has 6 nitrogen and oxygen atoms in total. The minimum Gasteiger partial charge on any atom is -0.321 e. The summed E-state index contributed by atoms with van der Waals surface area (Å²) in [5.74, 6) is -0.226. The molecule has 0 radical (unpaired) electrons. The fourth-order valence-electron chi connectivity index (χ4n) is 3.59. The first-order chi connectivity index (χ1) is 15.2. The van der Waals surface area contributed by atoms with Gasteiger partial charge < -0.3 is 5.32 Å². The smallest absolute Gasteiger partial charge is 0.277 e. The number of amides is 1. The number of thiazole rings is 1. The molecule has 2 aromatic heterocycles. The Morgan fingerprint density at radius 1 is 1.06 bits per heavy atom. The van der Waals surface area contributed by atoms with Crippen molar-refractivity contribution < 1.29 is 4.79 Å². The summed E-state index contributed by atoms with van der Waals surface area (Å²) < 4.78 is 1.44. The van der Waals surface area contributed by atoms with Gasteiger partial charge in [-0.1, -0.05) is 53.3 Å². The first-order valence-electron chi connectivity index (χ1n) is 10.5. The van der Waals surface area contributed by atoms with Crippen LogP contribution in [0, 0.1) is 34.6 Å². The summed E-state index contributed by atoms with van der Waals surface area (Å²) in [5.41, 5.74) is 7.11.